The minimum atomic E-state index is -0.376. The molecular formula is C15H29N3O. The Morgan fingerprint density at radius 2 is 1.74 bits per heavy atom. The molecule has 1 heterocycles. The number of carbonyl (C=O) groups excluding carboxylic acids is 1. The van der Waals surface area contributed by atoms with Crippen LogP contribution in [0.15, 0.2) is 0 Å². The van der Waals surface area contributed by atoms with Gasteiger partial charge in [-0.25, -0.2) is 0 Å². The third-order valence-corrected chi connectivity index (χ3v) is 4.93. The van der Waals surface area contributed by atoms with E-state index in [-0.39, 0.29) is 5.54 Å². The van der Waals surface area contributed by atoms with Gasteiger partial charge in [-0.15, -0.1) is 0 Å². The topological polar surface area (TPSA) is 35.6 Å². The molecule has 1 aliphatic heterocycles. The third-order valence-electron chi connectivity index (χ3n) is 4.93. The van der Waals surface area contributed by atoms with E-state index in [9.17, 15) is 4.79 Å². The van der Waals surface area contributed by atoms with Gasteiger partial charge in [-0.2, -0.15) is 0 Å². The molecular weight excluding hydrogens is 238 g/mol. The minimum absolute atomic E-state index is 0.294. The van der Waals surface area contributed by atoms with Crippen LogP contribution < -0.4 is 5.32 Å². The lowest BCUT2D eigenvalue weighted by Gasteiger charge is -2.44. The number of hydrogen-bond acceptors (Lipinski definition) is 3. The summed E-state index contributed by atoms with van der Waals surface area (Å²) in [5.41, 5.74) is -0.376. The molecule has 19 heavy (non-hydrogen) atoms. The van der Waals surface area contributed by atoms with Gasteiger partial charge in [-0.05, 0) is 33.7 Å². The fourth-order valence-electron chi connectivity index (χ4n) is 3.33. The second-order valence-corrected chi connectivity index (χ2v) is 6.50. The smallest absolute Gasteiger partial charge is 0.242 e. The summed E-state index contributed by atoms with van der Waals surface area (Å²) < 4.78 is 0. The van der Waals surface area contributed by atoms with Crippen molar-refractivity contribution >= 4 is 5.91 Å². The Balaban J connectivity index is 2.00. The van der Waals surface area contributed by atoms with Crippen molar-refractivity contribution in [3.8, 4) is 0 Å². The number of rotatable bonds is 3. The normalized spacial score (nSPS) is 22.8. The molecule has 110 valence electrons. The van der Waals surface area contributed by atoms with Gasteiger partial charge in [-0.3, -0.25) is 9.69 Å². The van der Waals surface area contributed by atoms with Gasteiger partial charge in [0.1, 0.15) is 0 Å². The van der Waals surface area contributed by atoms with Crippen LogP contribution in [0.25, 0.3) is 0 Å². The van der Waals surface area contributed by atoms with E-state index in [0.29, 0.717) is 11.9 Å². The van der Waals surface area contributed by atoms with E-state index >= 15 is 0 Å². The Labute approximate surface area is 117 Å². The SMILES string of the molecule is CN(C1CCCCC1)C(C)(C)C(=O)N1CCNCC1. The molecule has 2 aliphatic rings. The number of nitrogens with one attached hydrogen (secondary N) is 1. The summed E-state index contributed by atoms with van der Waals surface area (Å²) in [6.07, 6.45) is 6.47. The molecule has 2 fully saturated rings. The van der Waals surface area contributed by atoms with Crippen molar-refractivity contribution in [1.82, 2.24) is 15.1 Å². The lowest BCUT2D eigenvalue weighted by atomic mass is 9.90. The zero-order valence-corrected chi connectivity index (χ0v) is 12.7. The highest BCUT2D eigenvalue weighted by Gasteiger charge is 2.39. The van der Waals surface area contributed by atoms with E-state index in [1.807, 2.05) is 4.90 Å². The largest absolute Gasteiger partial charge is 0.339 e. The highest BCUT2D eigenvalue weighted by atomic mass is 16.2. The first kappa shape index (κ1) is 14.8. The number of nitrogens with zero attached hydrogens (tertiary/aromatic N) is 2. The van der Waals surface area contributed by atoms with Crippen LogP contribution in [0.3, 0.4) is 0 Å². The molecule has 0 unspecified atom stereocenters. The summed E-state index contributed by atoms with van der Waals surface area (Å²) in [6, 6.07) is 0.579. The second-order valence-electron chi connectivity index (χ2n) is 6.50. The Hall–Kier alpha value is -0.610. The summed E-state index contributed by atoms with van der Waals surface area (Å²) in [5, 5.41) is 3.31. The zero-order valence-electron chi connectivity index (χ0n) is 12.7. The number of amides is 1. The number of piperazine rings is 1. The molecule has 4 heteroatoms. The molecule has 1 aliphatic carbocycles. The standard InChI is InChI=1S/C15H29N3O/c1-15(2,14(19)18-11-9-16-10-12-18)17(3)13-7-5-4-6-8-13/h13,16H,4-12H2,1-3H3. The van der Waals surface area contributed by atoms with Crippen LogP contribution in [0.4, 0.5) is 0 Å². The number of likely N-dealkylation sites (N-methyl/N-ethyl adjacent to an activating group) is 1. The molecule has 0 aromatic heterocycles. The van der Waals surface area contributed by atoms with Crippen molar-refractivity contribution in [1.29, 1.82) is 0 Å². The summed E-state index contributed by atoms with van der Waals surface area (Å²) in [6.45, 7) is 7.73. The highest BCUT2D eigenvalue weighted by Crippen LogP contribution is 2.28. The van der Waals surface area contributed by atoms with Gasteiger partial charge in [0.2, 0.25) is 5.91 Å². The fourth-order valence-corrected chi connectivity index (χ4v) is 3.33. The summed E-state index contributed by atoms with van der Waals surface area (Å²) in [7, 11) is 2.14. The van der Waals surface area contributed by atoms with Crippen LogP contribution in [0.5, 0.6) is 0 Å². The van der Waals surface area contributed by atoms with Crippen LogP contribution in [0.2, 0.25) is 0 Å². The average molecular weight is 267 g/mol. The van der Waals surface area contributed by atoms with E-state index in [2.05, 4.69) is 31.1 Å². The second kappa shape index (κ2) is 6.23. The van der Waals surface area contributed by atoms with Crippen LogP contribution in [-0.2, 0) is 4.79 Å². The first-order valence-electron chi connectivity index (χ1n) is 7.76. The molecule has 0 bridgehead atoms. The number of carbonyl (C=O) groups is 1. The van der Waals surface area contributed by atoms with Gasteiger partial charge in [0.25, 0.3) is 0 Å². The Bertz CT molecular complexity index is 305. The van der Waals surface area contributed by atoms with Crippen molar-refractivity contribution in [3.05, 3.63) is 0 Å². The third kappa shape index (κ3) is 3.29. The van der Waals surface area contributed by atoms with Crippen molar-refractivity contribution in [3.63, 3.8) is 0 Å². The maximum absolute atomic E-state index is 12.8. The van der Waals surface area contributed by atoms with E-state index in [1.54, 1.807) is 0 Å². The lowest BCUT2D eigenvalue weighted by Crippen LogP contribution is -2.60. The maximum atomic E-state index is 12.8. The maximum Gasteiger partial charge on any atom is 0.242 e. The van der Waals surface area contributed by atoms with Gasteiger partial charge in [0, 0.05) is 32.2 Å². The van der Waals surface area contributed by atoms with Crippen LogP contribution in [0.1, 0.15) is 46.0 Å². The predicted octanol–water partition coefficient (Wildman–Crippen LogP) is 1.46. The van der Waals surface area contributed by atoms with Crippen molar-refractivity contribution in [2.45, 2.75) is 57.5 Å². The molecule has 1 amide bonds. The van der Waals surface area contributed by atoms with E-state index < -0.39 is 0 Å². The molecule has 1 saturated carbocycles. The highest BCUT2D eigenvalue weighted by molar-refractivity contribution is 5.85. The minimum Gasteiger partial charge on any atom is -0.339 e. The summed E-state index contributed by atoms with van der Waals surface area (Å²) in [5.74, 6) is 0.294. The molecule has 0 spiro atoms. The van der Waals surface area contributed by atoms with Crippen LogP contribution in [0, 0.1) is 0 Å². The number of hydrogen-bond donors (Lipinski definition) is 1. The van der Waals surface area contributed by atoms with Gasteiger partial charge in [0.15, 0.2) is 0 Å². The lowest BCUT2D eigenvalue weighted by molar-refractivity contribution is -0.144. The van der Waals surface area contributed by atoms with Crippen LogP contribution in [-0.4, -0.2) is 60.5 Å². The summed E-state index contributed by atoms with van der Waals surface area (Å²) in [4.78, 5) is 17.1. The van der Waals surface area contributed by atoms with Crippen molar-refractivity contribution in [2.75, 3.05) is 33.2 Å². The summed E-state index contributed by atoms with van der Waals surface area (Å²) >= 11 is 0. The molecule has 0 atom stereocenters. The van der Waals surface area contributed by atoms with Crippen molar-refractivity contribution in [2.24, 2.45) is 0 Å². The van der Waals surface area contributed by atoms with Gasteiger partial charge in [0.05, 0.1) is 5.54 Å². The quantitative estimate of drug-likeness (QED) is 0.841. The molecule has 0 aromatic carbocycles. The van der Waals surface area contributed by atoms with E-state index in [0.717, 1.165) is 26.2 Å². The first-order valence-corrected chi connectivity index (χ1v) is 7.76. The Morgan fingerprint density at radius 3 is 2.32 bits per heavy atom. The monoisotopic (exact) mass is 267 g/mol. The average Bonchev–Trinajstić information content (AvgIpc) is 2.47. The van der Waals surface area contributed by atoms with Crippen LogP contribution >= 0.6 is 0 Å². The molecule has 4 nitrogen and oxygen atoms in total. The van der Waals surface area contributed by atoms with E-state index in [4.69, 9.17) is 0 Å². The molecule has 2 rings (SSSR count). The molecule has 1 N–H and O–H groups in total. The Kier molecular flexibility index (Phi) is 4.85. The Morgan fingerprint density at radius 1 is 1.16 bits per heavy atom. The van der Waals surface area contributed by atoms with Gasteiger partial charge < -0.3 is 10.2 Å². The molecule has 0 aromatic rings. The van der Waals surface area contributed by atoms with Gasteiger partial charge >= 0.3 is 0 Å². The first-order chi connectivity index (χ1) is 9.03. The molecule has 0 radical (unpaired) electrons. The zero-order chi connectivity index (χ0) is 13.9. The van der Waals surface area contributed by atoms with Gasteiger partial charge in [-0.1, -0.05) is 19.3 Å². The predicted molar refractivity (Wildman–Crippen MR) is 78.2 cm³/mol. The molecule has 1 saturated heterocycles. The fraction of sp³-hybridized carbons (Fsp3) is 0.933. The van der Waals surface area contributed by atoms with E-state index in [1.165, 1.54) is 32.1 Å². The van der Waals surface area contributed by atoms with Crippen molar-refractivity contribution < 1.29 is 4.79 Å².